The first-order valence-electron chi connectivity index (χ1n) is 15.5. The van der Waals surface area contributed by atoms with Gasteiger partial charge in [-0.15, -0.1) is 11.3 Å². The van der Waals surface area contributed by atoms with Crippen molar-refractivity contribution < 1.29 is 24.5 Å². The maximum Gasteiger partial charge on any atom is 0.269 e. The maximum absolute atomic E-state index is 13.8. The van der Waals surface area contributed by atoms with Crippen LogP contribution in [-0.2, 0) is 30.6 Å². The fraction of sp³-hybridized carbons (Fsp3) is 0.424. The third-order valence-electron chi connectivity index (χ3n) is 9.01. The summed E-state index contributed by atoms with van der Waals surface area (Å²) >= 11 is 1.60. The fourth-order valence-corrected chi connectivity index (χ4v) is 8.25. The molecule has 12 nitrogen and oxygen atoms in total. The Morgan fingerprint density at radius 2 is 1.96 bits per heavy atom. The first-order valence-corrected chi connectivity index (χ1v) is 16.3. The highest BCUT2D eigenvalue weighted by molar-refractivity contribution is 7.14. The number of amides is 2. The Bertz CT molecular complexity index is 1760. The number of hydrazine groups is 1. The quantitative estimate of drug-likeness (QED) is 0.382. The molecule has 46 heavy (non-hydrogen) atoms. The van der Waals surface area contributed by atoms with Crippen LogP contribution in [0, 0.1) is 5.41 Å². The summed E-state index contributed by atoms with van der Waals surface area (Å²) in [5.41, 5.74) is 8.38. The summed E-state index contributed by atoms with van der Waals surface area (Å²) in [5.74, 6) is 0.554. The van der Waals surface area contributed by atoms with E-state index in [0.29, 0.717) is 72.6 Å². The van der Waals surface area contributed by atoms with Crippen molar-refractivity contribution in [2.75, 3.05) is 44.8 Å². The summed E-state index contributed by atoms with van der Waals surface area (Å²) in [6.07, 6.45) is 6.44. The van der Waals surface area contributed by atoms with Crippen molar-refractivity contribution >= 4 is 46.2 Å². The zero-order chi connectivity index (χ0) is 32.2. The Labute approximate surface area is 271 Å². The number of carbonyl (C=O) groups excluding carboxylic acids is 2. The van der Waals surface area contributed by atoms with Gasteiger partial charge in [0.15, 0.2) is 12.0 Å². The summed E-state index contributed by atoms with van der Waals surface area (Å²) in [6, 6.07) is 5.09. The van der Waals surface area contributed by atoms with Crippen molar-refractivity contribution in [1.82, 2.24) is 25.3 Å². The van der Waals surface area contributed by atoms with Gasteiger partial charge in [-0.2, -0.15) is 5.01 Å². The molecule has 4 aliphatic rings. The SMILES string of the molecule is CN1NC(c2ccnc(N3CCc4c(sc5c4CC(C)(C)C5)C3=O)c2CO)=CC(=Nc2ccc(C(=O)N3CCOCC3)cn2)C1O. The van der Waals surface area contributed by atoms with E-state index in [2.05, 4.69) is 34.2 Å². The Kier molecular flexibility index (Phi) is 7.97. The predicted octanol–water partition coefficient (Wildman–Crippen LogP) is 2.71. The van der Waals surface area contributed by atoms with Crippen LogP contribution in [0.25, 0.3) is 5.70 Å². The van der Waals surface area contributed by atoms with Crippen molar-refractivity contribution in [1.29, 1.82) is 0 Å². The van der Waals surface area contributed by atoms with E-state index in [1.54, 1.807) is 58.7 Å². The number of rotatable bonds is 5. The molecule has 0 bridgehead atoms. The van der Waals surface area contributed by atoms with Gasteiger partial charge in [0.25, 0.3) is 11.8 Å². The van der Waals surface area contributed by atoms with Crippen LogP contribution in [0.3, 0.4) is 0 Å². The number of nitrogens with one attached hydrogen (secondary N) is 1. The molecular formula is C33H37N7O5S. The topological polar surface area (TPSA) is 144 Å². The summed E-state index contributed by atoms with van der Waals surface area (Å²) in [4.78, 5) is 45.7. The second-order valence-corrected chi connectivity index (χ2v) is 14.0. The predicted molar refractivity (Wildman–Crippen MR) is 174 cm³/mol. The molecule has 2 amide bonds. The number of aliphatic hydroxyl groups excluding tert-OH is 2. The molecule has 13 heteroatoms. The van der Waals surface area contributed by atoms with Crippen molar-refractivity contribution in [3.05, 3.63) is 74.2 Å². The number of aliphatic imine (C=N–C) groups is 1. The number of nitrogens with zero attached hydrogens (tertiary/aromatic N) is 6. The highest BCUT2D eigenvalue weighted by atomic mass is 32.1. The van der Waals surface area contributed by atoms with Gasteiger partial charge < -0.3 is 25.3 Å². The molecule has 3 N–H and O–H groups in total. The normalized spacial score (nSPS) is 22.0. The molecular weight excluding hydrogens is 606 g/mol. The molecule has 0 saturated carbocycles. The number of aromatic nitrogens is 2. The monoisotopic (exact) mass is 643 g/mol. The number of carbonyl (C=O) groups is 2. The van der Waals surface area contributed by atoms with Crippen LogP contribution in [0.5, 0.6) is 0 Å². The molecule has 1 unspecified atom stereocenters. The van der Waals surface area contributed by atoms with Crippen LogP contribution in [0.2, 0.25) is 0 Å². The van der Waals surface area contributed by atoms with E-state index in [-0.39, 0.29) is 23.8 Å². The lowest BCUT2D eigenvalue weighted by atomic mass is 9.89. The molecule has 1 saturated heterocycles. The highest BCUT2D eigenvalue weighted by Crippen LogP contribution is 2.46. The highest BCUT2D eigenvalue weighted by Gasteiger charge is 2.39. The lowest BCUT2D eigenvalue weighted by Gasteiger charge is -2.33. The Balaban J connectivity index is 1.17. The first-order chi connectivity index (χ1) is 22.1. The van der Waals surface area contributed by atoms with E-state index in [9.17, 15) is 19.8 Å². The number of aliphatic hydroxyl groups is 2. The second kappa shape index (κ2) is 12.0. The fourth-order valence-electron chi connectivity index (χ4n) is 6.68. The van der Waals surface area contributed by atoms with Gasteiger partial charge in [0.1, 0.15) is 5.82 Å². The first kappa shape index (κ1) is 30.6. The lowest BCUT2D eigenvalue weighted by Crippen LogP contribution is -2.49. The number of morpholine rings is 1. The average molecular weight is 644 g/mol. The Morgan fingerprint density at radius 3 is 2.70 bits per heavy atom. The van der Waals surface area contributed by atoms with E-state index in [1.165, 1.54) is 27.2 Å². The van der Waals surface area contributed by atoms with Gasteiger partial charge in [-0.3, -0.25) is 14.5 Å². The molecule has 0 spiro atoms. The molecule has 240 valence electrons. The van der Waals surface area contributed by atoms with Gasteiger partial charge in [-0.1, -0.05) is 13.8 Å². The number of fused-ring (bicyclic) bond motifs is 3. The average Bonchev–Trinajstić information content (AvgIpc) is 3.55. The van der Waals surface area contributed by atoms with Gasteiger partial charge >= 0.3 is 0 Å². The van der Waals surface area contributed by atoms with Gasteiger partial charge in [-0.05, 0) is 60.1 Å². The molecule has 3 aromatic rings. The molecule has 1 fully saturated rings. The molecule has 1 atom stereocenters. The lowest BCUT2D eigenvalue weighted by molar-refractivity contribution is 0.0302. The van der Waals surface area contributed by atoms with Crippen LogP contribution in [0.4, 0.5) is 11.6 Å². The largest absolute Gasteiger partial charge is 0.392 e. The van der Waals surface area contributed by atoms with Gasteiger partial charge in [0.05, 0.1) is 41.7 Å². The number of hydrogen-bond donors (Lipinski definition) is 3. The van der Waals surface area contributed by atoms with E-state index in [4.69, 9.17) is 4.74 Å². The van der Waals surface area contributed by atoms with E-state index < -0.39 is 6.23 Å². The van der Waals surface area contributed by atoms with Crippen molar-refractivity contribution in [2.45, 2.75) is 45.9 Å². The number of pyridine rings is 2. The second-order valence-electron chi connectivity index (χ2n) is 12.9. The standard InChI is InChI=1S/C33H37N7O5S/c1-33(2)15-22-21-7-9-40(32(44)28(21)46-26(22)16-33)29-23(18-41)20(6-8-34-29)24-14-25(31(43)38(3)37-24)36-27-5-4-19(17-35-27)30(42)39-10-12-45-13-11-39/h4-6,8,14,17,31,37,41,43H,7,9-13,15-16,18H2,1-3H3. The molecule has 7 rings (SSSR count). The van der Waals surface area contributed by atoms with Gasteiger partial charge in [0.2, 0.25) is 0 Å². The van der Waals surface area contributed by atoms with Crippen LogP contribution in [0.15, 0.2) is 41.7 Å². The molecule has 1 aliphatic carbocycles. The summed E-state index contributed by atoms with van der Waals surface area (Å²) in [6.45, 7) is 6.78. The Hall–Kier alpha value is -4.01. The molecule has 6 heterocycles. The summed E-state index contributed by atoms with van der Waals surface area (Å²) in [5, 5.41) is 23.1. The van der Waals surface area contributed by atoms with Crippen molar-refractivity contribution in [2.24, 2.45) is 10.4 Å². The summed E-state index contributed by atoms with van der Waals surface area (Å²) < 4.78 is 5.33. The number of anilines is 1. The third kappa shape index (κ3) is 5.52. The minimum Gasteiger partial charge on any atom is -0.392 e. The minimum absolute atomic E-state index is 0.0835. The third-order valence-corrected chi connectivity index (χ3v) is 10.3. The van der Waals surface area contributed by atoms with Gasteiger partial charge in [-0.25, -0.2) is 15.0 Å². The molecule has 0 aromatic carbocycles. The van der Waals surface area contributed by atoms with Crippen LogP contribution in [-0.4, -0.2) is 93.7 Å². The number of hydrogen-bond acceptors (Lipinski definition) is 11. The van der Waals surface area contributed by atoms with Gasteiger partial charge in [0, 0.05) is 55.1 Å². The van der Waals surface area contributed by atoms with Crippen LogP contribution >= 0.6 is 11.3 Å². The minimum atomic E-state index is -1.09. The van der Waals surface area contributed by atoms with Crippen LogP contribution < -0.4 is 10.3 Å². The van der Waals surface area contributed by atoms with E-state index in [1.807, 2.05) is 0 Å². The van der Waals surface area contributed by atoms with E-state index >= 15 is 0 Å². The zero-order valence-corrected chi connectivity index (χ0v) is 26.9. The molecule has 0 radical (unpaired) electrons. The smallest absolute Gasteiger partial charge is 0.269 e. The molecule has 3 aromatic heterocycles. The molecule has 3 aliphatic heterocycles. The van der Waals surface area contributed by atoms with E-state index in [0.717, 1.165) is 24.1 Å². The summed E-state index contributed by atoms with van der Waals surface area (Å²) in [7, 11) is 1.68. The number of ether oxygens (including phenoxy) is 1. The maximum atomic E-state index is 13.8. The van der Waals surface area contributed by atoms with Crippen molar-refractivity contribution in [3.8, 4) is 0 Å². The van der Waals surface area contributed by atoms with Crippen molar-refractivity contribution in [3.63, 3.8) is 0 Å². The Morgan fingerprint density at radius 1 is 1.15 bits per heavy atom. The zero-order valence-electron chi connectivity index (χ0n) is 26.1. The van der Waals surface area contributed by atoms with Crippen LogP contribution in [0.1, 0.15) is 61.0 Å². The number of thiophene rings is 1.